The first-order valence-corrected chi connectivity index (χ1v) is 5.22. The molecule has 98 valence electrons. The number of carbonyl (C=O) groups is 2. The molecule has 0 heterocycles. The van der Waals surface area contributed by atoms with Crippen LogP contribution in [0.4, 0.5) is 5.69 Å². The van der Waals surface area contributed by atoms with Crippen molar-refractivity contribution in [1.82, 2.24) is 0 Å². The predicted octanol–water partition coefficient (Wildman–Crippen LogP) is 1.19. The number of nitro benzene ring substituents is 1. The summed E-state index contributed by atoms with van der Waals surface area (Å²) in [4.78, 5) is 32.2. The number of hydrogen-bond donors (Lipinski definition) is 0. The molecule has 19 heavy (non-hydrogen) atoms. The van der Waals surface area contributed by atoms with Gasteiger partial charge in [0.2, 0.25) is 0 Å². The number of nitrogens with zero attached hydrogens (tertiary/aromatic N) is 2. The van der Waals surface area contributed by atoms with Gasteiger partial charge in [0.25, 0.3) is 5.69 Å². The van der Waals surface area contributed by atoms with E-state index in [1.54, 1.807) is 0 Å². The van der Waals surface area contributed by atoms with Crippen molar-refractivity contribution in [3.8, 4) is 6.07 Å². The van der Waals surface area contributed by atoms with Crippen LogP contribution in [0, 0.1) is 27.4 Å². The topological polar surface area (TPSA) is 110 Å². The van der Waals surface area contributed by atoms with E-state index in [2.05, 4.69) is 4.74 Å². The van der Waals surface area contributed by atoms with Crippen molar-refractivity contribution >= 4 is 17.9 Å². The largest absolute Gasteiger partial charge is 0.468 e. The number of benzene rings is 1. The van der Waals surface area contributed by atoms with E-state index in [-0.39, 0.29) is 5.69 Å². The molecule has 0 aromatic heterocycles. The van der Waals surface area contributed by atoms with Crippen LogP contribution in [-0.2, 0) is 14.3 Å². The van der Waals surface area contributed by atoms with Crippen molar-refractivity contribution < 1.29 is 19.2 Å². The van der Waals surface area contributed by atoms with Gasteiger partial charge in [-0.05, 0) is 5.56 Å². The monoisotopic (exact) mass is 262 g/mol. The second-order valence-electron chi connectivity index (χ2n) is 3.64. The number of non-ortho nitro benzene ring substituents is 1. The molecule has 0 spiro atoms. The number of esters is 1. The van der Waals surface area contributed by atoms with E-state index in [4.69, 9.17) is 5.26 Å². The van der Waals surface area contributed by atoms with Gasteiger partial charge in [-0.2, -0.15) is 5.26 Å². The summed E-state index contributed by atoms with van der Waals surface area (Å²) in [6.07, 6.45) is 0.334. The molecule has 0 unspecified atom stereocenters. The minimum Gasteiger partial charge on any atom is -0.468 e. The molecule has 0 amide bonds. The number of rotatable bonds is 5. The smallest absolute Gasteiger partial charge is 0.317 e. The first-order valence-electron chi connectivity index (χ1n) is 5.22. The molecule has 0 aliphatic heterocycles. The van der Waals surface area contributed by atoms with E-state index >= 15 is 0 Å². The number of aldehydes is 1. The molecular weight excluding hydrogens is 252 g/mol. The molecule has 1 aromatic carbocycles. The van der Waals surface area contributed by atoms with E-state index < -0.39 is 22.7 Å². The van der Waals surface area contributed by atoms with Crippen molar-refractivity contribution in [2.45, 2.75) is 5.92 Å². The van der Waals surface area contributed by atoms with Crippen molar-refractivity contribution in [1.29, 1.82) is 5.26 Å². The summed E-state index contributed by atoms with van der Waals surface area (Å²) in [6, 6.07) is 6.92. The molecule has 1 aromatic rings. The third-order valence-corrected chi connectivity index (χ3v) is 2.58. The number of nitro groups is 1. The number of nitriles is 1. The van der Waals surface area contributed by atoms with Crippen LogP contribution < -0.4 is 0 Å². The maximum absolute atomic E-state index is 11.4. The average Bonchev–Trinajstić information content (AvgIpc) is 2.44. The van der Waals surface area contributed by atoms with Gasteiger partial charge in [-0.3, -0.25) is 14.9 Å². The van der Waals surface area contributed by atoms with E-state index in [9.17, 15) is 19.7 Å². The zero-order valence-electron chi connectivity index (χ0n) is 9.98. The van der Waals surface area contributed by atoms with Gasteiger partial charge in [0.1, 0.15) is 12.2 Å². The van der Waals surface area contributed by atoms with Crippen molar-refractivity contribution in [2.24, 2.45) is 5.92 Å². The Kier molecular flexibility index (Phi) is 4.71. The fourth-order valence-electron chi connectivity index (χ4n) is 1.57. The summed E-state index contributed by atoms with van der Waals surface area (Å²) in [5.41, 5.74) is 0.205. The van der Waals surface area contributed by atoms with Crippen LogP contribution in [0.3, 0.4) is 0 Å². The minimum absolute atomic E-state index is 0.138. The van der Waals surface area contributed by atoms with Crippen LogP contribution in [0.5, 0.6) is 0 Å². The Balaban J connectivity index is 3.09. The van der Waals surface area contributed by atoms with E-state index in [1.165, 1.54) is 24.3 Å². The van der Waals surface area contributed by atoms with Gasteiger partial charge in [0.15, 0.2) is 0 Å². The fraction of sp³-hybridized carbons (Fsp3) is 0.250. The standard InChI is InChI=1S/C12H10N2O5/c1-19-12(16)11(7-15)10(6-13)8-2-4-9(5-3-8)14(17)18/h2-5,7,10-11H,1H3/t10-,11-/m0/s1. The Morgan fingerprint density at radius 2 is 2.05 bits per heavy atom. The van der Waals surface area contributed by atoms with Crippen LogP contribution in [0.25, 0.3) is 0 Å². The molecule has 0 saturated heterocycles. The van der Waals surface area contributed by atoms with Crippen LogP contribution in [0.15, 0.2) is 24.3 Å². The van der Waals surface area contributed by atoms with Gasteiger partial charge < -0.3 is 9.53 Å². The number of carbonyl (C=O) groups excluding carboxylic acids is 2. The summed E-state index contributed by atoms with van der Waals surface area (Å²) in [7, 11) is 1.11. The summed E-state index contributed by atoms with van der Waals surface area (Å²) in [6.45, 7) is 0. The lowest BCUT2D eigenvalue weighted by molar-refractivity contribution is -0.384. The summed E-state index contributed by atoms with van der Waals surface area (Å²) in [5.74, 6) is -3.11. The van der Waals surface area contributed by atoms with Crippen molar-refractivity contribution in [2.75, 3.05) is 7.11 Å². The molecule has 0 aliphatic carbocycles. The lowest BCUT2D eigenvalue weighted by Crippen LogP contribution is -2.24. The molecule has 2 atom stereocenters. The molecule has 7 heteroatoms. The Bertz CT molecular complexity index is 532. The fourth-order valence-corrected chi connectivity index (χ4v) is 1.57. The number of methoxy groups -OCH3 is 1. The number of hydrogen-bond acceptors (Lipinski definition) is 6. The Hall–Kier alpha value is -2.75. The highest BCUT2D eigenvalue weighted by Gasteiger charge is 2.30. The first kappa shape index (κ1) is 14.3. The van der Waals surface area contributed by atoms with E-state index in [1.807, 2.05) is 6.07 Å². The molecule has 0 radical (unpaired) electrons. The maximum Gasteiger partial charge on any atom is 0.317 e. The highest BCUT2D eigenvalue weighted by Crippen LogP contribution is 2.25. The van der Waals surface area contributed by atoms with E-state index in [0.717, 1.165) is 7.11 Å². The molecule has 0 aliphatic rings. The Labute approximate surface area is 108 Å². The predicted molar refractivity (Wildman–Crippen MR) is 63.0 cm³/mol. The third kappa shape index (κ3) is 3.13. The maximum atomic E-state index is 11.4. The summed E-state index contributed by atoms with van der Waals surface area (Å²) >= 11 is 0. The molecule has 0 bridgehead atoms. The highest BCUT2D eigenvalue weighted by atomic mass is 16.6. The quantitative estimate of drug-likeness (QED) is 0.259. The minimum atomic E-state index is -1.25. The molecule has 7 nitrogen and oxygen atoms in total. The van der Waals surface area contributed by atoms with Crippen molar-refractivity contribution in [3.63, 3.8) is 0 Å². The SMILES string of the molecule is COC(=O)[C@@H](C=O)[C@@H](C#N)c1ccc([N+](=O)[O-])cc1. The summed E-state index contributed by atoms with van der Waals surface area (Å²) in [5, 5.41) is 19.6. The third-order valence-electron chi connectivity index (χ3n) is 2.58. The van der Waals surface area contributed by atoms with Gasteiger partial charge in [-0.1, -0.05) is 12.1 Å². The van der Waals surface area contributed by atoms with Gasteiger partial charge in [-0.25, -0.2) is 0 Å². The zero-order chi connectivity index (χ0) is 14.4. The first-order chi connectivity index (χ1) is 9.04. The van der Waals surface area contributed by atoms with Crippen LogP contribution in [-0.4, -0.2) is 24.3 Å². The second-order valence-corrected chi connectivity index (χ2v) is 3.64. The normalized spacial score (nSPS) is 12.8. The molecule has 1 rings (SSSR count). The molecular formula is C12H10N2O5. The van der Waals surface area contributed by atoms with Crippen LogP contribution >= 0.6 is 0 Å². The highest BCUT2D eigenvalue weighted by molar-refractivity contribution is 5.89. The van der Waals surface area contributed by atoms with Gasteiger partial charge >= 0.3 is 5.97 Å². The molecule has 0 fully saturated rings. The summed E-state index contributed by atoms with van der Waals surface area (Å²) < 4.78 is 4.44. The lowest BCUT2D eigenvalue weighted by Gasteiger charge is -2.14. The van der Waals surface area contributed by atoms with E-state index in [0.29, 0.717) is 11.8 Å². The molecule has 0 N–H and O–H groups in total. The van der Waals surface area contributed by atoms with Crippen molar-refractivity contribution in [3.05, 3.63) is 39.9 Å². The van der Waals surface area contributed by atoms with Gasteiger partial charge in [0.05, 0.1) is 24.0 Å². The van der Waals surface area contributed by atoms with Crippen LogP contribution in [0.2, 0.25) is 0 Å². The van der Waals surface area contributed by atoms with Gasteiger partial charge in [0, 0.05) is 12.1 Å². The Morgan fingerprint density at radius 3 is 2.42 bits per heavy atom. The second kappa shape index (κ2) is 6.26. The number of ether oxygens (including phenoxy) is 1. The zero-order valence-corrected chi connectivity index (χ0v) is 9.98. The lowest BCUT2D eigenvalue weighted by atomic mass is 9.88. The average molecular weight is 262 g/mol. The van der Waals surface area contributed by atoms with Crippen LogP contribution in [0.1, 0.15) is 11.5 Å². The molecule has 0 saturated carbocycles. The Morgan fingerprint density at radius 1 is 1.47 bits per heavy atom. The van der Waals surface area contributed by atoms with Gasteiger partial charge in [-0.15, -0.1) is 0 Å².